The van der Waals surface area contributed by atoms with E-state index in [0.717, 1.165) is 5.56 Å². The van der Waals surface area contributed by atoms with E-state index in [1.807, 2.05) is 6.92 Å². The molecular formula is C16H17NO4. The van der Waals surface area contributed by atoms with E-state index < -0.39 is 5.91 Å². The Morgan fingerprint density at radius 2 is 1.86 bits per heavy atom. The average molecular weight is 287 g/mol. The Hall–Kier alpha value is -2.69. The lowest BCUT2D eigenvalue weighted by molar-refractivity contribution is 0.102. The van der Waals surface area contributed by atoms with Crippen LogP contribution in [0.3, 0.4) is 0 Å². The molecule has 5 heteroatoms. The fraction of sp³-hybridized carbons (Fsp3) is 0.188. The van der Waals surface area contributed by atoms with Crippen molar-refractivity contribution in [3.05, 3.63) is 47.5 Å². The van der Waals surface area contributed by atoms with E-state index in [1.165, 1.54) is 13.2 Å². The number of hydrogen-bond donors (Lipinski definition) is 2. The predicted octanol–water partition coefficient (Wildman–Crippen LogP) is 2.97. The lowest BCUT2D eigenvalue weighted by Gasteiger charge is -2.12. The van der Waals surface area contributed by atoms with Crippen molar-refractivity contribution in [3.63, 3.8) is 0 Å². The summed E-state index contributed by atoms with van der Waals surface area (Å²) in [6.45, 7) is 1.85. The Balaban J connectivity index is 2.32. The normalized spacial score (nSPS) is 10.0. The molecule has 2 aromatic rings. The molecule has 0 atom stereocenters. The fourth-order valence-corrected chi connectivity index (χ4v) is 1.93. The Morgan fingerprint density at radius 1 is 1.10 bits per heavy atom. The smallest absolute Gasteiger partial charge is 0.259 e. The molecule has 0 aromatic heterocycles. The number of hydrogen-bond acceptors (Lipinski definition) is 4. The van der Waals surface area contributed by atoms with Crippen LogP contribution in [0.15, 0.2) is 36.4 Å². The molecule has 0 heterocycles. The topological polar surface area (TPSA) is 67.8 Å². The third-order valence-corrected chi connectivity index (χ3v) is 3.05. The molecule has 0 saturated carbocycles. The summed E-state index contributed by atoms with van der Waals surface area (Å²) in [5.74, 6) is 0.624. The summed E-state index contributed by atoms with van der Waals surface area (Å²) < 4.78 is 10.3. The van der Waals surface area contributed by atoms with Gasteiger partial charge in [-0.3, -0.25) is 4.79 Å². The molecule has 0 aliphatic heterocycles. The van der Waals surface area contributed by atoms with E-state index in [-0.39, 0.29) is 11.3 Å². The van der Waals surface area contributed by atoms with Gasteiger partial charge in [-0.1, -0.05) is 11.6 Å². The van der Waals surface area contributed by atoms with Gasteiger partial charge in [0.25, 0.3) is 5.91 Å². The summed E-state index contributed by atoms with van der Waals surface area (Å²) in [5, 5.41) is 12.5. The molecule has 0 spiro atoms. The van der Waals surface area contributed by atoms with Crippen molar-refractivity contribution < 1.29 is 19.4 Å². The maximum absolute atomic E-state index is 12.3. The maximum atomic E-state index is 12.3. The first-order chi connectivity index (χ1) is 10.0. The predicted molar refractivity (Wildman–Crippen MR) is 80.3 cm³/mol. The second kappa shape index (κ2) is 6.17. The Bertz CT molecular complexity index is 667. The third-order valence-electron chi connectivity index (χ3n) is 3.05. The molecule has 0 aliphatic carbocycles. The minimum absolute atomic E-state index is 0.0695. The molecule has 0 aliphatic rings. The zero-order valence-corrected chi connectivity index (χ0v) is 12.1. The number of aryl methyl sites for hydroxylation is 1. The minimum Gasteiger partial charge on any atom is -0.507 e. The number of anilines is 1. The van der Waals surface area contributed by atoms with Gasteiger partial charge in [0.15, 0.2) is 0 Å². The summed E-state index contributed by atoms with van der Waals surface area (Å²) in [5.41, 5.74) is 1.57. The summed E-state index contributed by atoms with van der Waals surface area (Å²) >= 11 is 0. The molecule has 0 radical (unpaired) electrons. The van der Waals surface area contributed by atoms with Crippen LogP contribution < -0.4 is 14.8 Å². The van der Waals surface area contributed by atoms with E-state index in [0.29, 0.717) is 17.2 Å². The number of aromatic hydroxyl groups is 1. The molecule has 1 amide bonds. The van der Waals surface area contributed by atoms with Crippen molar-refractivity contribution in [1.82, 2.24) is 0 Å². The van der Waals surface area contributed by atoms with Gasteiger partial charge in [-0.05, 0) is 31.2 Å². The standard InChI is InChI=1S/C16H17NO4/c1-10-4-6-14(18)12(8-10)16(19)17-13-9-11(20-2)5-7-15(13)21-3/h4-9,18H,1-3H3,(H,17,19). The first kappa shape index (κ1) is 14.7. The Labute approximate surface area is 123 Å². The fourth-order valence-electron chi connectivity index (χ4n) is 1.93. The van der Waals surface area contributed by atoms with Crippen molar-refractivity contribution in [2.75, 3.05) is 19.5 Å². The van der Waals surface area contributed by atoms with Gasteiger partial charge in [0.1, 0.15) is 17.2 Å². The van der Waals surface area contributed by atoms with Crippen LogP contribution in [-0.2, 0) is 0 Å². The second-order valence-electron chi connectivity index (χ2n) is 4.54. The maximum Gasteiger partial charge on any atom is 0.259 e. The lowest BCUT2D eigenvalue weighted by atomic mass is 10.1. The number of methoxy groups -OCH3 is 2. The van der Waals surface area contributed by atoms with Gasteiger partial charge in [-0.2, -0.15) is 0 Å². The number of phenolic OH excluding ortho intramolecular Hbond substituents is 1. The van der Waals surface area contributed by atoms with Crippen molar-refractivity contribution >= 4 is 11.6 Å². The molecule has 2 aromatic carbocycles. The first-order valence-electron chi connectivity index (χ1n) is 6.38. The highest BCUT2D eigenvalue weighted by molar-refractivity contribution is 6.07. The molecule has 110 valence electrons. The third kappa shape index (κ3) is 3.25. The van der Waals surface area contributed by atoms with E-state index in [1.54, 1.807) is 37.4 Å². The Kier molecular flexibility index (Phi) is 4.33. The van der Waals surface area contributed by atoms with Gasteiger partial charge >= 0.3 is 0 Å². The zero-order chi connectivity index (χ0) is 15.4. The summed E-state index contributed by atoms with van der Waals surface area (Å²) in [4.78, 5) is 12.3. The number of phenols is 1. The van der Waals surface area contributed by atoms with E-state index >= 15 is 0 Å². The van der Waals surface area contributed by atoms with Gasteiger partial charge < -0.3 is 19.9 Å². The van der Waals surface area contributed by atoms with Crippen LogP contribution in [0.2, 0.25) is 0 Å². The number of carbonyl (C=O) groups excluding carboxylic acids is 1. The van der Waals surface area contributed by atoms with Gasteiger partial charge in [0.05, 0.1) is 25.5 Å². The van der Waals surface area contributed by atoms with Crippen LogP contribution in [0.1, 0.15) is 15.9 Å². The van der Waals surface area contributed by atoms with Gasteiger partial charge in [0, 0.05) is 6.07 Å². The van der Waals surface area contributed by atoms with Crippen LogP contribution in [0.25, 0.3) is 0 Å². The highest BCUT2D eigenvalue weighted by Gasteiger charge is 2.14. The monoisotopic (exact) mass is 287 g/mol. The summed E-state index contributed by atoms with van der Waals surface area (Å²) in [6.07, 6.45) is 0. The molecule has 21 heavy (non-hydrogen) atoms. The van der Waals surface area contributed by atoms with E-state index in [4.69, 9.17) is 9.47 Å². The SMILES string of the molecule is COc1ccc(OC)c(NC(=O)c2cc(C)ccc2O)c1. The average Bonchev–Trinajstić information content (AvgIpc) is 2.49. The van der Waals surface area contributed by atoms with Crippen LogP contribution in [0.5, 0.6) is 17.2 Å². The van der Waals surface area contributed by atoms with E-state index in [2.05, 4.69) is 5.32 Å². The molecule has 0 saturated heterocycles. The largest absolute Gasteiger partial charge is 0.507 e. The Morgan fingerprint density at radius 3 is 2.52 bits per heavy atom. The molecule has 0 bridgehead atoms. The number of rotatable bonds is 4. The van der Waals surface area contributed by atoms with Crippen LogP contribution in [0.4, 0.5) is 5.69 Å². The van der Waals surface area contributed by atoms with Crippen molar-refractivity contribution in [1.29, 1.82) is 0 Å². The number of amides is 1. The van der Waals surface area contributed by atoms with Crippen molar-refractivity contribution in [3.8, 4) is 17.2 Å². The molecule has 5 nitrogen and oxygen atoms in total. The van der Waals surface area contributed by atoms with Crippen LogP contribution in [-0.4, -0.2) is 25.2 Å². The van der Waals surface area contributed by atoms with Crippen molar-refractivity contribution in [2.24, 2.45) is 0 Å². The van der Waals surface area contributed by atoms with Crippen molar-refractivity contribution in [2.45, 2.75) is 6.92 Å². The molecule has 0 fully saturated rings. The van der Waals surface area contributed by atoms with E-state index in [9.17, 15) is 9.90 Å². The van der Waals surface area contributed by atoms with Crippen LogP contribution >= 0.6 is 0 Å². The number of benzene rings is 2. The van der Waals surface area contributed by atoms with Gasteiger partial charge in [0.2, 0.25) is 0 Å². The number of carbonyl (C=O) groups is 1. The highest BCUT2D eigenvalue weighted by atomic mass is 16.5. The highest BCUT2D eigenvalue weighted by Crippen LogP contribution is 2.30. The molecule has 2 N–H and O–H groups in total. The first-order valence-corrected chi connectivity index (χ1v) is 6.38. The van der Waals surface area contributed by atoms with Gasteiger partial charge in [-0.15, -0.1) is 0 Å². The number of nitrogens with one attached hydrogen (secondary N) is 1. The summed E-state index contributed by atoms with van der Waals surface area (Å²) in [6, 6.07) is 9.94. The zero-order valence-electron chi connectivity index (χ0n) is 12.1. The summed E-state index contributed by atoms with van der Waals surface area (Å²) in [7, 11) is 3.06. The quantitative estimate of drug-likeness (QED) is 0.907. The van der Waals surface area contributed by atoms with Crippen LogP contribution in [0, 0.1) is 6.92 Å². The molecule has 2 rings (SSSR count). The minimum atomic E-state index is -0.414. The number of ether oxygens (including phenoxy) is 2. The molecule has 0 unspecified atom stereocenters. The lowest BCUT2D eigenvalue weighted by Crippen LogP contribution is -2.13. The van der Waals surface area contributed by atoms with Gasteiger partial charge in [-0.25, -0.2) is 0 Å². The second-order valence-corrected chi connectivity index (χ2v) is 4.54. The molecular weight excluding hydrogens is 270 g/mol.